The number of carbonyl (C=O) groups is 1. The van der Waals surface area contributed by atoms with Crippen LogP contribution in [-0.4, -0.2) is 11.1 Å². The Labute approximate surface area is 111 Å². The molecule has 0 aliphatic rings. The fourth-order valence-electron chi connectivity index (χ4n) is 2.77. The molecule has 3 aromatic carbocycles. The van der Waals surface area contributed by atoms with Crippen LogP contribution < -0.4 is 0 Å². The predicted molar refractivity (Wildman–Crippen MR) is 77.5 cm³/mol. The van der Waals surface area contributed by atoms with Crippen LogP contribution in [0, 0.1) is 6.92 Å². The molecule has 0 aliphatic heterocycles. The topological polar surface area (TPSA) is 37.3 Å². The van der Waals surface area contributed by atoms with Gasteiger partial charge in [0.1, 0.15) is 0 Å². The maximum Gasteiger partial charge on any atom is 0.307 e. The second kappa shape index (κ2) is 4.39. The lowest BCUT2D eigenvalue weighted by Crippen LogP contribution is -2.01. The minimum atomic E-state index is -0.792. The summed E-state index contributed by atoms with van der Waals surface area (Å²) in [6.45, 7) is 2.07. The lowest BCUT2D eigenvalue weighted by Gasteiger charge is -2.11. The minimum Gasteiger partial charge on any atom is -0.481 e. The van der Waals surface area contributed by atoms with Crippen molar-refractivity contribution >= 4 is 27.5 Å². The predicted octanol–water partition coefficient (Wildman–Crippen LogP) is 3.93. The second-order valence-electron chi connectivity index (χ2n) is 4.81. The molecule has 0 aromatic heterocycles. The molecule has 0 unspecified atom stereocenters. The van der Waals surface area contributed by atoms with E-state index < -0.39 is 5.97 Å². The molecule has 0 saturated heterocycles. The van der Waals surface area contributed by atoms with Gasteiger partial charge in [-0.15, -0.1) is 0 Å². The summed E-state index contributed by atoms with van der Waals surface area (Å²) in [5.74, 6) is -0.792. The van der Waals surface area contributed by atoms with Crippen LogP contribution in [0.5, 0.6) is 0 Å². The summed E-state index contributed by atoms with van der Waals surface area (Å²) in [6, 6.07) is 16.2. The zero-order valence-corrected chi connectivity index (χ0v) is 10.7. The molecule has 0 fully saturated rings. The van der Waals surface area contributed by atoms with Crippen molar-refractivity contribution < 1.29 is 9.90 Å². The fraction of sp³-hybridized carbons (Fsp3) is 0.118. The highest BCUT2D eigenvalue weighted by Crippen LogP contribution is 2.30. The van der Waals surface area contributed by atoms with Crippen LogP contribution in [0.25, 0.3) is 21.5 Å². The van der Waals surface area contributed by atoms with Gasteiger partial charge in [-0.3, -0.25) is 4.79 Å². The summed E-state index contributed by atoms with van der Waals surface area (Å²) in [4.78, 5) is 11.0. The fourth-order valence-corrected chi connectivity index (χ4v) is 2.77. The SMILES string of the molecule is Cc1c2ccccc2cc2cccc(CC(=O)O)c12. The number of hydrogen-bond acceptors (Lipinski definition) is 1. The second-order valence-corrected chi connectivity index (χ2v) is 4.81. The van der Waals surface area contributed by atoms with Gasteiger partial charge in [-0.1, -0.05) is 42.5 Å². The number of carboxylic acid groups (broad SMARTS) is 1. The van der Waals surface area contributed by atoms with Crippen molar-refractivity contribution in [1.29, 1.82) is 0 Å². The Morgan fingerprint density at radius 2 is 1.79 bits per heavy atom. The number of aryl methyl sites for hydroxylation is 1. The molecule has 19 heavy (non-hydrogen) atoms. The highest BCUT2D eigenvalue weighted by molar-refractivity contribution is 6.04. The summed E-state index contributed by atoms with van der Waals surface area (Å²) < 4.78 is 0. The van der Waals surface area contributed by atoms with E-state index in [1.54, 1.807) is 0 Å². The van der Waals surface area contributed by atoms with Gasteiger partial charge in [0.25, 0.3) is 0 Å². The monoisotopic (exact) mass is 250 g/mol. The normalized spacial score (nSPS) is 11.0. The van der Waals surface area contributed by atoms with Crippen molar-refractivity contribution in [3.05, 3.63) is 59.7 Å². The number of hydrogen-bond donors (Lipinski definition) is 1. The zero-order chi connectivity index (χ0) is 13.4. The largest absolute Gasteiger partial charge is 0.481 e. The van der Waals surface area contributed by atoms with Crippen LogP contribution in [0.3, 0.4) is 0 Å². The molecule has 2 nitrogen and oxygen atoms in total. The molecule has 3 aromatic rings. The minimum absolute atomic E-state index is 0.0660. The molecular formula is C17H14O2. The highest BCUT2D eigenvalue weighted by Gasteiger charge is 2.10. The Hall–Kier alpha value is -2.35. The molecule has 0 radical (unpaired) electrons. The van der Waals surface area contributed by atoms with Gasteiger partial charge in [0, 0.05) is 0 Å². The Bertz CT molecular complexity index is 788. The van der Waals surface area contributed by atoms with Crippen LogP contribution in [0.15, 0.2) is 48.5 Å². The van der Waals surface area contributed by atoms with Gasteiger partial charge in [-0.05, 0) is 45.7 Å². The first-order valence-electron chi connectivity index (χ1n) is 6.28. The Kier molecular flexibility index (Phi) is 2.71. The van der Waals surface area contributed by atoms with Crippen LogP contribution in [-0.2, 0) is 11.2 Å². The van der Waals surface area contributed by atoms with Crippen LogP contribution in [0.4, 0.5) is 0 Å². The van der Waals surface area contributed by atoms with E-state index in [0.717, 1.165) is 21.9 Å². The smallest absolute Gasteiger partial charge is 0.307 e. The average molecular weight is 250 g/mol. The summed E-state index contributed by atoms with van der Waals surface area (Å²) in [7, 11) is 0. The van der Waals surface area contributed by atoms with E-state index in [1.165, 1.54) is 10.8 Å². The van der Waals surface area contributed by atoms with Crippen molar-refractivity contribution in [3.8, 4) is 0 Å². The van der Waals surface area contributed by atoms with Gasteiger partial charge in [-0.25, -0.2) is 0 Å². The molecule has 2 heteroatoms. The lowest BCUT2D eigenvalue weighted by atomic mass is 9.93. The van der Waals surface area contributed by atoms with E-state index in [1.807, 2.05) is 30.3 Å². The first kappa shape index (κ1) is 11.7. The quantitative estimate of drug-likeness (QED) is 0.700. The first-order chi connectivity index (χ1) is 9.16. The molecule has 0 aliphatic carbocycles. The number of rotatable bonds is 2. The molecule has 0 bridgehead atoms. The van der Waals surface area contributed by atoms with E-state index >= 15 is 0 Å². The van der Waals surface area contributed by atoms with Gasteiger partial charge in [0.05, 0.1) is 6.42 Å². The summed E-state index contributed by atoms with van der Waals surface area (Å²) >= 11 is 0. The van der Waals surface area contributed by atoms with E-state index in [4.69, 9.17) is 5.11 Å². The van der Waals surface area contributed by atoms with Gasteiger partial charge < -0.3 is 5.11 Å². The Morgan fingerprint density at radius 3 is 2.58 bits per heavy atom. The molecule has 0 atom stereocenters. The van der Waals surface area contributed by atoms with E-state index in [2.05, 4.69) is 25.1 Å². The van der Waals surface area contributed by atoms with Gasteiger partial charge in [0.2, 0.25) is 0 Å². The number of aliphatic carboxylic acids is 1. The first-order valence-corrected chi connectivity index (χ1v) is 6.28. The van der Waals surface area contributed by atoms with Crippen LogP contribution in [0.2, 0.25) is 0 Å². The Morgan fingerprint density at radius 1 is 1.05 bits per heavy atom. The number of carboxylic acids is 1. The maximum absolute atomic E-state index is 11.0. The third-order valence-corrected chi connectivity index (χ3v) is 3.58. The van der Waals surface area contributed by atoms with Crippen molar-refractivity contribution in [2.45, 2.75) is 13.3 Å². The summed E-state index contributed by atoms with van der Waals surface area (Å²) in [5.41, 5.74) is 2.04. The Balaban J connectivity index is 2.41. The lowest BCUT2D eigenvalue weighted by molar-refractivity contribution is -0.136. The highest BCUT2D eigenvalue weighted by atomic mass is 16.4. The number of benzene rings is 3. The standard InChI is InChI=1S/C17H14O2/c1-11-15-8-3-2-5-12(15)9-13-6-4-7-14(17(11)13)10-16(18)19/h2-9H,10H2,1H3,(H,18,19). The molecular weight excluding hydrogens is 236 g/mol. The summed E-state index contributed by atoms with van der Waals surface area (Å²) in [5, 5.41) is 13.6. The van der Waals surface area contributed by atoms with Crippen molar-refractivity contribution in [2.24, 2.45) is 0 Å². The number of fused-ring (bicyclic) bond motifs is 2. The molecule has 0 heterocycles. The van der Waals surface area contributed by atoms with Crippen molar-refractivity contribution in [2.75, 3.05) is 0 Å². The molecule has 3 rings (SSSR count). The zero-order valence-electron chi connectivity index (χ0n) is 10.7. The van der Waals surface area contributed by atoms with Crippen LogP contribution in [0.1, 0.15) is 11.1 Å². The maximum atomic E-state index is 11.0. The molecule has 0 amide bonds. The molecule has 94 valence electrons. The molecule has 0 saturated carbocycles. The van der Waals surface area contributed by atoms with Crippen molar-refractivity contribution in [1.82, 2.24) is 0 Å². The van der Waals surface area contributed by atoms with E-state index in [9.17, 15) is 4.79 Å². The third-order valence-electron chi connectivity index (χ3n) is 3.58. The average Bonchev–Trinajstić information content (AvgIpc) is 2.38. The molecule has 1 N–H and O–H groups in total. The van der Waals surface area contributed by atoms with E-state index in [0.29, 0.717) is 0 Å². The van der Waals surface area contributed by atoms with Crippen LogP contribution >= 0.6 is 0 Å². The van der Waals surface area contributed by atoms with Gasteiger partial charge in [-0.2, -0.15) is 0 Å². The summed E-state index contributed by atoms with van der Waals surface area (Å²) in [6.07, 6.45) is 0.0660. The van der Waals surface area contributed by atoms with E-state index in [-0.39, 0.29) is 6.42 Å². The van der Waals surface area contributed by atoms with Gasteiger partial charge >= 0.3 is 5.97 Å². The van der Waals surface area contributed by atoms with Gasteiger partial charge in [0.15, 0.2) is 0 Å². The molecule has 0 spiro atoms. The third kappa shape index (κ3) is 1.95. The van der Waals surface area contributed by atoms with Crippen molar-refractivity contribution in [3.63, 3.8) is 0 Å².